The van der Waals surface area contributed by atoms with Gasteiger partial charge in [0, 0.05) is 5.56 Å². The molecule has 1 aromatic heterocycles. The van der Waals surface area contributed by atoms with Crippen LogP contribution in [-0.4, -0.2) is 18.0 Å². The van der Waals surface area contributed by atoms with Crippen molar-refractivity contribution in [1.29, 1.82) is 0 Å². The van der Waals surface area contributed by atoms with E-state index in [1.807, 2.05) is 60.7 Å². The Morgan fingerprint density at radius 3 is 2.71 bits per heavy atom. The predicted octanol–water partition coefficient (Wildman–Crippen LogP) is 4.71. The Labute approximate surface area is 142 Å². The van der Waals surface area contributed by atoms with Crippen molar-refractivity contribution in [2.24, 2.45) is 0 Å². The molecule has 0 atom stereocenters. The molecule has 0 radical (unpaired) electrons. The van der Waals surface area contributed by atoms with Crippen molar-refractivity contribution in [3.05, 3.63) is 66.2 Å². The predicted molar refractivity (Wildman–Crippen MR) is 98.1 cm³/mol. The first kappa shape index (κ1) is 14.7. The number of thiazole rings is 1. The van der Waals surface area contributed by atoms with Crippen LogP contribution in [0.3, 0.4) is 0 Å². The number of benzene rings is 3. The highest BCUT2D eigenvalue weighted by atomic mass is 32.1. The number of rotatable bonds is 3. The Kier molecular flexibility index (Phi) is 3.63. The summed E-state index contributed by atoms with van der Waals surface area (Å²) in [6.45, 7) is 0. The summed E-state index contributed by atoms with van der Waals surface area (Å²) in [7, 11) is 1.61. The van der Waals surface area contributed by atoms with Gasteiger partial charge < -0.3 is 4.74 Å². The van der Waals surface area contributed by atoms with Gasteiger partial charge in [-0.05, 0) is 29.0 Å². The summed E-state index contributed by atoms with van der Waals surface area (Å²) in [6, 6.07) is 19.3. The molecule has 0 bridgehead atoms. The Hall–Kier alpha value is -2.92. The first-order valence-corrected chi connectivity index (χ1v) is 8.30. The zero-order valence-electron chi connectivity index (χ0n) is 12.9. The molecular weight excluding hydrogens is 320 g/mol. The van der Waals surface area contributed by atoms with Crippen molar-refractivity contribution in [1.82, 2.24) is 4.98 Å². The number of fused-ring (bicyclic) bond motifs is 2. The number of ether oxygens (including phenoxy) is 1. The van der Waals surface area contributed by atoms with Crippen LogP contribution in [0.2, 0.25) is 0 Å². The van der Waals surface area contributed by atoms with E-state index in [1.54, 1.807) is 7.11 Å². The number of aromatic nitrogens is 1. The number of anilines is 1. The van der Waals surface area contributed by atoms with E-state index in [0.29, 0.717) is 16.4 Å². The number of carbonyl (C=O) groups excluding carboxylic acids is 1. The second-order valence-electron chi connectivity index (χ2n) is 5.31. The van der Waals surface area contributed by atoms with Gasteiger partial charge in [-0.15, -0.1) is 0 Å². The normalized spacial score (nSPS) is 10.9. The summed E-state index contributed by atoms with van der Waals surface area (Å²) >= 11 is 1.43. The molecule has 0 aliphatic rings. The highest BCUT2D eigenvalue weighted by Gasteiger charge is 2.14. The van der Waals surface area contributed by atoms with Crippen LogP contribution in [0.25, 0.3) is 21.0 Å². The van der Waals surface area contributed by atoms with Crippen molar-refractivity contribution in [3.63, 3.8) is 0 Å². The third-order valence-corrected chi connectivity index (χ3v) is 4.79. The molecule has 1 amide bonds. The van der Waals surface area contributed by atoms with Gasteiger partial charge in [0.1, 0.15) is 11.3 Å². The number of methoxy groups -OCH3 is 1. The third-order valence-electron chi connectivity index (χ3n) is 3.86. The van der Waals surface area contributed by atoms with E-state index < -0.39 is 0 Å². The number of hydrogen-bond donors (Lipinski definition) is 1. The molecular formula is C19H14N2O2S. The van der Waals surface area contributed by atoms with Crippen molar-refractivity contribution in [2.75, 3.05) is 12.4 Å². The van der Waals surface area contributed by atoms with E-state index >= 15 is 0 Å². The molecule has 3 aromatic carbocycles. The van der Waals surface area contributed by atoms with Crippen LogP contribution in [0.15, 0.2) is 60.7 Å². The number of carbonyl (C=O) groups is 1. The number of para-hydroxylation sites is 1. The van der Waals surface area contributed by atoms with Gasteiger partial charge >= 0.3 is 0 Å². The lowest BCUT2D eigenvalue weighted by molar-refractivity contribution is 0.102. The molecule has 0 saturated carbocycles. The van der Waals surface area contributed by atoms with Gasteiger partial charge in [0.2, 0.25) is 0 Å². The molecule has 1 N–H and O–H groups in total. The Balaban J connectivity index is 1.71. The van der Waals surface area contributed by atoms with Crippen molar-refractivity contribution >= 4 is 43.4 Å². The van der Waals surface area contributed by atoms with Gasteiger partial charge in [0.05, 0.1) is 11.8 Å². The first-order chi connectivity index (χ1) is 11.8. The van der Waals surface area contributed by atoms with Gasteiger partial charge in [0.25, 0.3) is 5.91 Å². The van der Waals surface area contributed by atoms with Crippen molar-refractivity contribution in [3.8, 4) is 5.75 Å². The fourth-order valence-electron chi connectivity index (χ4n) is 2.73. The molecule has 4 nitrogen and oxygen atoms in total. The average molecular weight is 334 g/mol. The Morgan fingerprint density at radius 2 is 1.83 bits per heavy atom. The molecule has 5 heteroatoms. The molecule has 4 rings (SSSR count). The lowest BCUT2D eigenvalue weighted by atomic mass is 10.0. The molecule has 0 saturated heterocycles. The Bertz CT molecular complexity index is 1050. The number of nitrogens with one attached hydrogen (secondary N) is 1. The van der Waals surface area contributed by atoms with Gasteiger partial charge in [-0.2, -0.15) is 0 Å². The van der Waals surface area contributed by atoms with Gasteiger partial charge in [-0.1, -0.05) is 53.8 Å². The standard InChI is InChI=1S/C19H14N2O2S/c1-23-15-10-5-11-16-17(15)20-19(24-16)21-18(22)14-9-4-7-12-6-2-3-8-13(12)14/h2-11H,1H3,(H,20,21,22). The number of amides is 1. The largest absolute Gasteiger partial charge is 0.494 e. The quantitative estimate of drug-likeness (QED) is 0.590. The minimum absolute atomic E-state index is 0.162. The molecule has 4 aromatic rings. The van der Waals surface area contributed by atoms with Crippen LogP contribution < -0.4 is 10.1 Å². The molecule has 118 valence electrons. The smallest absolute Gasteiger partial charge is 0.258 e. The number of hydrogen-bond acceptors (Lipinski definition) is 4. The molecule has 1 heterocycles. The van der Waals surface area contributed by atoms with E-state index in [4.69, 9.17) is 4.74 Å². The van der Waals surface area contributed by atoms with Crippen LogP contribution in [-0.2, 0) is 0 Å². The lowest BCUT2D eigenvalue weighted by Crippen LogP contribution is -2.12. The van der Waals surface area contributed by atoms with Gasteiger partial charge in [-0.3, -0.25) is 10.1 Å². The minimum atomic E-state index is -0.162. The van der Waals surface area contributed by atoms with Crippen LogP contribution in [0.5, 0.6) is 5.75 Å². The summed E-state index contributed by atoms with van der Waals surface area (Å²) in [6.07, 6.45) is 0. The topological polar surface area (TPSA) is 51.2 Å². The summed E-state index contributed by atoms with van der Waals surface area (Å²) in [5, 5.41) is 5.43. The molecule has 0 unspecified atom stereocenters. The fourth-order valence-corrected chi connectivity index (χ4v) is 3.61. The monoisotopic (exact) mass is 334 g/mol. The maximum absolute atomic E-state index is 12.7. The van der Waals surface area contributed by atoms with Crippen LogP contribution in [0, 0.1) is 0 Å². The first-order valence-electron chi connectivity index (χ1n) is 7.49. The molecule has 24 heavy (non-hydrogen) atoms. The highest BCUT2D eigenvalue weighted by molar-refractivity contribution is 7.22. The summed E-state index contributed by atoms with van der Waals surface area (Å²) in [4.78, 5) is 17.2. The van der Waals surface area contributed by atoms with E-state index in [2.05, 4.69) is 10.3 Å². The maximum atomic E-state index is 12.7. The zero-order chi connectivity index (χ0) is 16.5. The Morgan fingerprint density at radius 1 is 1.04 bits per heavy atom. The summed E-state index contributed by atoms with van der Waals surface area (Å²) in [5.74, 6) is 0.541. The second kappa shape index (κ2) is 5.94. The summed E-state index contributed by atoms with van der Waals surface area (Å²) < 4.78 is 6.29. The lowest BCUT2D eigenvalue weighted by Gasteiger charge is -2.05. The molecule has 0 aliphatic heterocycles. The average Bonchev–Trinajstić information content (AvgIpc) is 3.03. The van der Waals surface area contributed by atoms with Crippen molar-refractivity contribution in [2.45, 2.75) is 0 Å². The highest BCUT2D eigenvalue weighted by Crippen LogP contribution is 2.32. The van der Waals surface area contributed by atoms with Crippen LogP contribution in [0.4, 0.5) is 5.13 Å². The molecule has 0 fully saturated rings. The van der Waals surface area contributed by atoms with E-state index in [-0.39, 0.29) is 5.91 Å². The molecule has 0 spiro atoms. The minimum Gasteiger partial charge on any atom is -0.494 e. The summed E-state index contributed by atoms with van der Waals surface area (Å²) in [5.41, 5.74) is 1.40. The van der Waals surface area contributed by atoms with E-state index in [1.165, 1.54) is 11.3 Å². The third kappa shape index (κ3) is 2.49. The maximum Gasteiger partial charge on any atom is 0.258 e. The van der Waals surface area contributed by atoms with Gasteiger partial charge in [0.15, 0.2) is 5.13 Å². The van der Waals surface area contributed by atoms with Gasteiger partial charge in [-0.25, -0.2) is 4.98 Å². The fraction of sp³-hybridized carbons (Fsp3) is 0.0526. The van der Waals surface area contributed by atoms with E-state index in [9.17, 15) is 4.79 Å². The zero-order valence-corrected chi connectivity index (χ0v) is 13.8. The SMILES string of the molecule is COc1cccc2sc(NC(=O)c3cccc4ccccc34)nc12. The molecule has 0 aliphatic carbocycles. The van der Waals surface area contributed by atoms with Crippen LogP contribution >= 0.6 is 11.3 Å². The van der Waals surface area contributed by atoms with E-state index in [0.717, 1.165) is 21.0 Å². The second-order valence-corrected chi connectivity index (χ2v) is 6.34. The van der Waals surface area contributed by atoms with Crippen LogP contribution in [0.1, 0.15) is 10.4 Å². The number of nitrogens with zero attached hydrogens (tertiary/aromatic N) is 1. The van der Waals surface area contributed by atoms with Crippen molar-refractivity contribution < 1.29 is 9.53 Å².